The zero-order valence-corrected chi connectivity index (χ0v) is 8.75. The number of terminal acetylenes is 1. The highest BCUT2D eigenvalue weighted by molar-refractivity contribution is 5.74. The Kier molecular flexibility index (Phi) is 3.57. The zero-order chi connectivity index (χ0) is 10.6. The predicted octanol–water partition coefficient (Wildman–Crippen LogP) is 2.68. The maximum Gasteiger partial charge on any atom is 0.309 e. The van der Waals surface area contributed by atoms with E-state index in [2.05, 4.69) is 12.8 Å². The van der Waals surface area contributed by atoms with Crippen LogP contribution in [-0.4, -0.2) is 11.1 Å². The Labute approximate surface area is 85.7 Å². The van der Waals surface area contributed by atoms with Crippen molar-refractivity contribution in [3.8, 4) is 12.3 Å². The molecule has 78 valence electrons. The Balaban J connectivity index is 2.64. The minimum absolute atomic E-state index is 0.515. The minimum Gasteiger partial charge on any atom is -0.481 e. The van der Waals surface area contributed by atoms with Gasteiger partial charge < -0.3 is 5.11 Å². The van der Waals surface area contributed by atoms with E-state index in [1.165, 1.54) is 0 Å². The maximum atomic E-state index is 11.2. The van der Waals surface area contributed by atoms with E-state index in [-0.39, 0.29) is 0 Å². The third kappa shape index (κ3) is 2.29. The topological polar surface area (TPSA) is 37.3 Å². The van der Waals surface area contributed by atoms with Crippen molar-refractivity contribution in [2.75, 3.05) is 0 Å². The van der Waals surface area contributed by atoms with Gasteiger partial charge >= 0.3 is 5.97 Å². The third-order valence-electron chi connectivity index (χ3n) is 3.43. The molecule has 2 nitrogen and oxygen atoms in total. The molecule has 1 rings (SSSR count). The van der Waals surface area contributed by atoms with E-state index in [4.69, 9.17) is 6.42 Å². The van der Waals surface area contributed by atoms with Crippen LogP contribution in [0.1, 0.15) is 45.4 Å². The normalized spacial score (nSPS) is 32.1. The van der Waals surface area contributed by atoms with Crippen molar-refractivity contribution >= 4 is 5.97 Å². The van der Waals surface area contributed by atoms with Crippen molar-refractivity contribution in [2.24, 2.45) is 11.3 Å². The summed E-state index contributed by atoms with van der Waals surface area (Å²) in [5.41, 5.74) is -0.515. The van der Waals surface area contributed by atoms with E-state index >= 15 is 0 Å². The molecule has 0 spiro atoms. The fraction of sp³-hybridized carbons (Fsp3) is 0.750. The first-order chi connectivity index (χ1) is 6.60. The van der Waals surface area contributed by atoms with E-state index in [0.717, 1.165) is 25.7 Å². The minimum atomic E-state index is -0.653. The summed E-state index contributed by atoms with van der Waals surface area (Å²) in [6.45, 7) is 2.19. The quantitative estimate of drug-likeness (QED) is 0.701. The van der Waals surface area contributed by atoms with Crippen LogP contribution >= 0.6 is 0 Å². The van der Waals surface area contributed by atoms with Crippen LogP contribution in [0.3, 0.4) is 0 Å². The third-order valence-corrected chi connectivity index (χ3v) is 3.43. The molecule has 0 aromatic carbocycles. The molecule has 1 fully saturated rings. The van der Waals surface area contributed by atoms with Crippen LogP contribution in [0.25, 0.3) is 0 Å². The van der Waals surface area contributed by atoms with Crippen molar-refractivity contribution in [2.45, 2.75) is 45.4 Å². The molecule has 0 aromatic heterocycles. The largest absolute Gasteiger partial charge is 0.481 e. The van der Waals surface area contributed by atoms with Crippen LogP contribution in [0, 0.1) is 23.7 Å². The Hall–Kier alpha value is -0.970. The molecule has 0 aromatic rings. The summed E-state index contributed by atoms with van der Waals surface area (Å²) < 4.78 is 0. The second-order valence-corrected chi connectivity index (χ2v) is 4.47. The fourth-order valence-electron chi connectivity index (χ4n) is 2.20. The van der Waals surface area contributed by atoms with Gasteiger partial charge in [0.2, 0.25) is 0 Å². The number of carboxylic acids is 1. The van der Waals surface area contributed by atoms with Gasteiger partial charge in [-0.05, 0) is 38.0 Å². The van der Waals surface area contributed by atoms with Crippen LogP contribution in [0.2, 0.25) is 0 Å². The molecule has 0 aliphatic heterocycles. The molecule has 0 atom stereocenters. The van der Waals surface area contributed by atoms with Gasteiger partial charge in [0.25, 0.3) is 0 Å². The lowest BCUT2D eigenvalue weighted by Crippen LogP contribution is -2.34. The lowest BCUT2D eigenvalue weighted by Gasteiger charge is -2.35. The molecule has 1 aliphatic carbocycles. The van der Waals surface area contributed by atoms with Gasteiger partial charge in [0.15, 0.2) is 0 Å². The van der Waals surface area contributed by atoms with Crippen molar-refractivity contribution in [1.29, 1.82) is 0 Å². The van der Waals surface area contributed by atoms with Gasteiger partial charge in [-0.2, -0.15) is 0 Å². The maximum absolute atomic E-state index is 11.2. The molecule has 1 saturated carbocycles. The number of aliphatic carboxylic acids is 1. The van der Waals surface area contributed by atoms with Gasteiger partial charge in [-0.25, -0.2) is 0 Å². The summed E-state index contributed by atoms with van der Waals surface area (Å²) in [4.78, 5) is 11.2. The zero-order valence-electron chi connectivity index (χ0n) is 8.75. The highest BCUT2D eigenvalue weighted by Crippen LogP contribution is 2.42. The van der Waals surface area contributed by atoms with Gasteiger partial charge in [0.1, 0.15) is 0 Å². The molecule has 0 radical (unpaired) electrons. The van der Waals surface area contributed by atoms with Gasteiger partial charge in [-0.1, -0.05) is 6.92 Å². The molecule has 2 heteroatoms. The van der Waals surface area contributed by atoms with E-state index in [0.29, 0.717) is 18.8 Å². The second-order valence-electron chi connectivity index (χ2n) is 4.47. The molecule has 0 unspecified atom stereocenters. The van der Waals surface area contributed by atoms with Crippen molar-refractivity contribution in [3.05, 3.63) is 0 Å². The van der Waals surface area contributed by atoms with Gasteiger partial charge in [0, 0.05) is 6.42 Å². The molecule has 0 heterocycles. The fourth-order valence-corrected chi connectivity index (χ4v) is 2.20. The van der Waals surface area contributed by atoms with Crippen LogP contribution in [-0.2, 0) is 4.79 Å². The van der Waals surface area contributed by atoms with Gasteiger partial charge in [-0.3, -0.25) is 4.79 Å². The summed E-state index contributed by atoms with van der Waals surface area (Å²) in [7, 11) is 0. The summed E-state index contributed by atoms with van der Waals surface area (Å²) in [6, 6.07) is 0. The van der Waals surface area contributed by atoms with E-state index in [1.54, 1.807) is 0 Å². The molecule has 0 saturated heterocycles. The van der Waals surface area contributed by atoms with Crippen LogP contribution in [0.15, 0.2) is 0 Å². The standard InChI is InChI=1S/C12H18O2/c1-3-4-7-12(11(13)14)8-5-10(2)6-9-12/h1,10H,4-9H2,2H3,(H,13,14). The average Bonchev–Trinajstić information content (AvgIpc) is 2.17. The van der Waals surface area contributed by atoms with Gasteiger partial charge in [-0.15, -0.1) is 12.3 Å². The van der Waals surface area contributed by atoms with Crippen LogP contribution < -0.4 is 0 Å². The Morgan fingerprint density at radius 3 is 2.57 bits per heavy atom. The van der Waals surface area contributed by atoms with Gasteiger partial charge in [0.05, 0.1) is 5.41 Å². The highest BCUT2D eigenvalue weighted by atomic mass is 16.4. The average molecular weight is 194 g/mol. The smallest absolute Gasteiger partial charge is 0.309 e. The van der Waals surface area contributed by atoms with E-state index in [1.807, 2.05) is 0 Å². The monoisotopic (exact) mass is 194 g/mol. The molecule has 0 bridgehead atoms. The number of hydrogen-bond donors (Lipinski definition) is 1. The first-order valence-corrected chi connectivity index (χ1v) is 5.27. The Bertz CT molecular complexity index is 242. The molecule has 1 N–H and O–H groups in total. The first-order valence-electron chi connectivity index (χ1n) is 5.27. The lowest BCUT2D eigenvalue weighted by molar-refractivity contribution is -0.152. The number of rotatable bonds is 3. The summed E-state index contributed by atoms with van der Waals surface area (Å²) >= 11 is 0. The van der Waals surface area contributed by atoms with Crippen molar-refractivity contribution in [1.82, 2.24) is 0 Å². The van der Waals surface area contributed by atoms with E-state index in [9.17, 15) is 9.90 Å². The molecule has 0 amide bonds. The number of carbonyl (C=O) groups is 1. The van der Waals surface area contributed by atoms with Crippen LogP contribution in [0.4, 0.5) is 0 Å². The highest BCUT2D eigenvalue weighted by Gasteiger charge is 2.40. The van der Waals surface area contributed by atoms with E-state index < -0.39 is 11.4 Å². The SMILES string of the molecule is C#CCCC1(C(=O)O)CCC(C)CC1. The van der Waals surface area contributed by atoms with Crippen molar-refractivity contribution in [3.63, 3.8) is 0 Å². The molecular formula is C12H18O2. The lowest BCUT2D eigenvalue weighted by atomic mass is 9.68. The van der Waals surface area contributed by atoms with Crippen LogP contribution in [0.5, 0.6) is 0 Å². The molecule has 1 aliphatic rings. The number of hydrogen-bond acceptors (Lipinski definition) is 1. The van der Waals surface area contributed by atoms with Crippen molar-refractivity contribution < 1.29 is 9.90 Å². The summed E-state index contributed by atoms with van der Waals surface area (Å²) in [5.74, 6) is 2.56. The Morgan fingerprint density at radius 1 is 1.57 bits per heavy atom. The first kappa shape index (κ1) is 11.1. The molecule has 14 heavy (non-hydrogen) atoms. The number of carboxylic acid groups (broad SMARTS) is 1. The second kappa shape index (κ2) is 4.50. The summed E-state index contributed by atoms with van der Waals surface area (Å²) in [5, 5.41) is 9.23. The Morgan fingerprint density at radius 2 is 2.14 bits per heavy atom. The predicted molar refractivity (Wildman–Crippen MR) is 55.8 cm³/mol. The summed E-state index contributed by atoms with van der Waals surface area (Å²) in [6.07, 6.45) is 10.1. The molecular weight excluding hydrogens is 176 g/mol.